The van der Waals surface area contributed by atoms with E-state index in [2.05, 4.69) is 55.3 Å². The molecule has 2 rings (SSSR count). The summed E-state index contributed by atoms with van der Waals surface area (Å²) in [6, 6.07) is 0.461. The van der Waals surface area contributed by atoms with Gasteiger partial charge in [0, 0.05) is 23.8 Å². The average Bonchev–Trinajstić information content (AvgIpc) is 2.90. The van der Waals surface area contributed by atoms with Crippen molar-refractivity contribution in [3.63, 3.8) is 0 Å². The van der Waals surface area contributed by atoms with Crippen molar-refractivity contribution in [3.8, 4) is 0 Å². The van der Waals surface area contributed by atoms with E-state index >= 15 is 0 Å². The van der Waals surface area contributed by atoms with E-state index in [0.717, 1.165) is 24.4 Å². The molecule has 0 N–H and O–H groups in total. The maximum atomic E-state index is 6.36. The normalized spacial score (nSPS) is 27.0. The fraction of sp³-hybridized carbons (Fsp3) is 0.529. The van der Waals surface area contributed by atoms with Crippen LogP contribution in [0.1, 0.15) is 39.5 Å². The first-order valence-corrected chi connectivity index (χ1v) is 7.72. The third kappa shape index (κ3) is 4.28. The van der Waals surface area contributed by atoms with Crippen LogP contribution in [0.4, 0.5) is 0 Å². The molecular weight excluding hydrogens is 254 g/mol. The molecule has 0 radical (unpaired) electrons. The van der Waals surface area contributed by atoms with E-state index in [1.54, 1.807) is 0 Å². The molecule has 0 saturated heterocycles. The second kappa shape index (κ2) is 7.00. The first kappa shape index (κ1) is 14.5. The Balaban J connectivity index is 1.87. The molecule has 0 amide bonds. The second-order valence-corrected chi connectivity index (χ2v) is 5.96. The predicted octanol–water partition coefficient (Wildman–Crippen LogP) is 5.02. The zero-order valence-electron chi connectivity index (χ0n) is 12.0. The molecule has 2 heteroatoms. The van der Waals surface area contributed by atoms with E-state index in [1.807, 2.05) is 0 Å². The molecule has 0 fully saturated rings. The van der Waals surface area contributed by atoms with Crippen molar-refractivity contribution in [1.82, 2.24) is 4.90 Å². The van der Waals surface area contributed by atoms with Crippen LogP contribution < -0.4 is 0 Å². The zero-order valence-corrected chi connectivity index (χ0v) is 12.7. The summed E-state index contributed by atoms with van der Waals surface area (Å²) >= 11 is 6.36. The predicted molar refractivity (Wildman–Crippen MR) is 84.1 cm³/mol. The molecule has 0 bridgehead atoms. The van der Waals surface area contributed by atoms with Crippen LogP contribution in [0.3, 0.4) is 0 Å². The maximum absolute atomic E-state index is 6.36. The van der Waals surface area contributed by atoms with Crippen LogP contribution in [0.25, 0.3) is 0 Å². The molecular formula is C17H24ClN. The van der Waals surface area contributed by atoms with Gasteiger partial charge in [0.1, 0.15) is 0 Å². The number of halogens is 1. The summed E-state index contributed by atoms with van der Waals surface area (Å²) in [4.78, 5) is 2.35. The van der Waals surface area contributed by atoms with E-state index in [4.69, 9.17) is 11.6 Å². The van der Waals surface area contributed by atoms with Crippen LogP contribution in [0, 0.1) is 5.92 Å². The Morgan fingerprint density at radius 3 is 3.00 bits per heavy atom. The first-order valence-electron chi connectivity index (χ1n) is 7.35. The van der Waals surface area contributed by atoms with Gasteiger partial charge < -0.3 is 4.90 Å². The van der Waals surface area contributed by atoms with Crippen LogP contribution in [-0.4, -0.2) is 17.5 Å². The third-order valence-corrected chi connectivity index (χ3v) is 4.25. The van der Waals surface area contributed by atoms with E-state index in [0.29, 0.717) is 12.0 Å². The summed E-state index contributed by atoms with van der Waals surface area (Å²) in [6.45, 7) is 5.32. The van der Waals surface area contributed by atoms with Gasteiger partial charge in [0.05, 0.1) is 0 Å². The Hall–Kier alpha value is -0.950. The quantitative estimate of drug-likeness (QED) is 0.638. The topological polar surface area (TPSA) is 3.24 Å². The van der Waals surface area contributed by atoms with Crippen molar-refractivity contribution >= 4 is 11.6 Å². The van der Waals surface area contributed by atoms with E-state index < -0.39 is 0 Å². The summed E-state index contributed by atoms with van der Waals surface area (Å²) in [5.41, 5.74) is 1.39. The summed E-state index contributed by atoms with van der Waals surface area (Å²) < 4.78 is 0. The Kier molecular flexibility index (Phi) is 5.33. The fourth-order valence-corrected chi connectivity index (χ4v) is 2.85. The highest BCUT2D eigenvalue weighted by molar-refractivity contribution is 6.29. The molecule has 2 aliphatic rings. The molecule has 19 heavy (non-hydrogen) atoms. The molecule has 2 atom stereocenters. The van der Waals surface area contributed by atoms with Crippen LogP contribution in [0.5, 0.6) is 0 Å². The minimum Gasteiger partial charge on any atom is -0.367 e. The third-order valence-electron chi connectivity index (χ3n) is 3.94. The summed E-state index contributed by atoms with van der Waals surface area (Å²) in [6.07, 6.45) is 18.1. The highest BCUT2D eigenvalue weighted by Gasteiger charge is 2.13. The highest BCUT2D eigenvalue weighted by atomic mass is 35.5. The summed E-state index contributed by atoms with van der Waals surface area (Å²) in [5.74, 6) is 0.657. The number of hydrogen-bond acceptors (Lipinski definition) is 1. The minimum atomic E-state index is 0.461. The molecule has 0 aromatic heterocycles. The van der Waals surface area contributed by atoms with Crippen molar-refractivity contribution in [2.24, 2.45) is 5.92 Å². The number of nitrogens with zero attached hydrogens (tertiary/aromatic N) is 1. The van der Waals surface area contributed by atoms with Gasteiger partial charge in [-0.1, -0.05) is 48.9 Å². The second-order valence-electron chi connectivity index (χ2n) is 5.47. The van der Waals surface area contributed by atoms with Crippen LogP contribution in [-0.2, 0) is 0 Å². The van der Waals surface area contributed by atoms with Gasteiger partial charge >= 0.3 is 0 Å². The average molecular weight is 278 g/mol. The summed E-state index contributed by atoms with van der Waals surface area (Å²) in [7, 11) is 0. The van der Waals surface area contributed by atoms with E-state index in [-0.39, 0.29) is 0 Å². The monoisotopic (exact) mass is 277 g/mol. The summed E-state index contributed by atoms with van der Waals surface area (Å²) in [5, 5.41) is 1.00. The van der Waals surface area contributed by atoms with Gasteiger partial charge in [-0.3, -0.25) is 0 Å². The van der Waals surface area contributed by atoms with Crippen molar-refractivity contribution in [2.75, 3.05) is 6.54 Å². The van der Waals surface area contributed by atoms with E-state index in [1.165, 1.54) is 18.4 Å². The Bertz CT molecular complexity index is 417. The van der Waals surface area contributed by atoms with Gasteiger partial charge in [-0.15, -0.1) is 0 Å². The Morgan fingerprint density at radius 1 is 1.47 bits per heavy atom. The van der Waals surface area contributed by atoms with Crippen molar-refractivity contribution < 1.29 is 0 Å². The lowest BCUT2D eigenvalue weighted by atomic mass is 10.0. The largest absolute Gasteiger partial charge is 0.367 e. The lowest BCUT2D eigenvalue weighted by Gasteiger charge is -2.28. The van der Waals surface area contributed by atoms with Crippen LogP contribution in [0.2, 0.25) is 0 Å². The highest BCUT2D eigenvalue weighted by Crippen LogP contribution is 2.26. The molecule has 1 aliphatic heterocycles. The van der Waals surface area contributed by atoms with Crippen LogP contribution >= 0.6 is 11.6 Å². The lowest BCUT2D eigenvalue weighted by Crippen LogP contribution is -2.29. The van der Waals surface area contributed by atoms with Crippen molar-refractivity contribution in [1.29, 1.82) is 0 Å². The molecule has 2 unspecified atom stereocenters. The van der Waals surface area contributed by atoms with Gasteiger partial charge in [0.2, 0.25) is 0 Å². The van der Waals surface area contributed by atoms with Crippen molar-refractivity contribution in [2.45, 2.75) is 45.6 Å². The molecule has 0 spiro atoms. The van der Waals surface area contributed by atoms with Gasteiger partial charge in [-0.2, -0.15) is 0 Å². The SMILES string of the molecule is CCC1=CN(C/C=C(\Cl)CC2C=CCC2)C(C)C=C1. The minimum absolute atomic E-state index is 0.461. The molecule has 1 nitrogen and oxygen atoms in total. The number of allylic oxidation sites excluding steroid dienone is 5. The van der Waals surface area contributed by atoms with Crippen LogP contribution in [0.15, 0.2) is 47.2 Å². The zero-order chi connectivity index (χ0) is 13.7. The first-order chi connectivity index (χ1) is 9.19. The molecule has 1 heterocycles. The lowest BCUT2D eigenvalue weighted by molar-refractivity contribution is 0.362. The molecule has 0 aromatic carbocycles. The van der Waals surface area contributed by atoms with Gasteiger partial charge in [0.25, 0.3) is 0 Å². The van der Waals surface area contributed by atoms with Gasteiger partial charge in [-0.05, 0) is 44.1 Å². The van der Waals surface area contributed by atoms with Gasteiger partial charge in [0.15, 0.2) is 0 Å². The molecule has 1 aliphatic carbocycles. The Labute approximate surface area is 122 Å². The van der Waals surface area contributed by atoms with E-state index in [9.17, 15) is 0 Å². The fourth-order valence-electron chi connectivity index (χ4n) is 2.58. The number of hydrogen-bond donors (Lipinski definition) is 0. The van der Waals surface area contributed by atoms with Gasteiger partial charge in [-0.25, -0.2) is 0 Å². The Morgan fingerprint density at radius 2 is 2.32 bits per heavy atom. The maximum Gasteiger partial charge on any atom is 0.0446 e. The molecule has 0 aromatic rings. The standard InChI is InChI=1S/C17H24ClN/c1-3-15-9-8-14(2)19(13-15)11-10-17(18)12-16-6-4-5-7-16/h4,6,8-10,13-14,16H,3,5,7,11-12H2,1-2H3/b17-10-. The number of rotatable bonds is 5. The van der Waals surface area contributed by atoms with Crippen molar-refractivity contribution in [3.05, 3.63) is 47.2 Å². The smallest absolute Gasteiger partial charge is 0.0446 e. The molecule has 0 saturated carbocycles. The molecule has 104 valence electrons.